The van der Waals surface area contributed by atoms with Gasteiger partial charge in [-0.05, 0) is 64.4 Å². The molecule has 4 aromatic rings. The number of aromatic nitrogens is 4. The number of fused-ring (bicyclic) bond motifs is 1. The van der Waals surface area contributed by atoms with Gasteiger partial charge in [0.05, 0.1) is 30.2 Å². The van der Waals surface area contributed by atoms with Gasteiger partial charge in [0.1, 0.15) is 11.4 Å². The first-order chi connectivity index (χ1) is 17.0. The van der Waals surface area contributed by atoms with E-state index in [1.165, 1.54) is 6.33 Å². The molecule has 0 atom stereocenters. The molecule has 0 aliphatic rings. The highest BCUT2D eigenvalue weighted by Gasteiger charge is 2.24. The fraction of sp³-hybridized carbons (Fsp3) is 0.333. The van der Waals surface area contributed by atoms with Crippen molar-refractivity contribution in [2.75, 3.05) is 6.61 Å². The molecule has 188 valence electrons. The maximum absolute atomic E-state index is 12.7. The molecule has 4 rings (SSSR count). The quantitative estimate of drug-likeness (QED) is 0.384. The number of rotatable bonds is 7. The van der Waals surface area contributed by atoms with Crippen molar-refractivity contribution < 1.29 is 14.3 Å². The van der Waals surface area contributed by atoms with Gasteiger partial charge in [0.25, 0.3) is 5.56 Å². The number of H-pyrrole nitrogens is 1. The van der Waals surface area contributed by atoms with Gasteiger partial charge in [0.15, 0.2) is 5.65 Å². The highest BCUT2D eigenvalue weighted by molar-refractivity contribution is 5.94. The molecule has 0 saturated heterocycles. The van der Waals surface area contributed by atoms with E-state index in [1.807, 2.05) is 81.8 Å². The number of carbonyl (C=O) groups excluding carboxylic acids is 1. The Morgan fingerprint density at radius 2 is 1.86 bits per heavy atom. The monoisotopic (exact) mass is 489 g/mol. The number of amides is 1. The number of benzene rings is 1. The molecule has 2 N–H and O–H groups in total. The van der Waals surface area contributed by atoms with Crippen LogP contribution in [0.15, 0.2) is 66.1 Å². The summed E-state index contributed by atoms with van der Waals surface area (Å²) in [7, 11) is 0. The lowest BCUT2D eigenvalue weighted by Gasteiger charge is -2.28. The van der Waals surface area contributed by atoms with E-state index in [2.05, 4.69) is 20.3 Å². The third-order valence-electron chi connectivity index (χ3n) is 5.51. The molecule has 0 unspecified atom stereocenters. The normalized spacial score (nSPS) is 11.9. The van der Waals surface area contributed by atoms with E-state index in [1.54, 1.807) is 12.4 Å². The van der Waals surface area contributed by atoms with Gasteiger partial charge in [-0.15, -0.1) is 0 Å². The molecule has 1 aromatic carbocycles. The van der Waals surface area contributed by atoms with Crippen molar-refractivity contribution in [3.05, 3.63) is 71.7 Å². The summed E-state index contributed by atoms with van der Waals surface area (Å²) >= 11 is 0. The molecule has 9 heteroatoms. The number of pyridine rings is 1. The van der Waals surface area contributed by atoms with Crippen molar-refractivity contribution in [1.29, 1.82) is 0 Å². The number of aromatic amines is 1. The number of hydrogen-bond donors (Lipinski definition) is 2. The van der Waals surface area contributed by atoms with Crippen LogP contribution in [0.2, 0.25) is 0 Å². The first-order valence-corrected chi connectivity index (χ1v) is 11.8. The van der Waals surface area contributed by atoms with Gasteiger partial charge in [-0.1, -0.05) is 12.1 Å². The van der Waals surface area contributed by atoms with Crippen LogP contribution < -0.4 is 15.6 Å². The first kappa shape index (κ1) is 25.0. The molecule has 0 saturated carbocycles. The summed E-state index contributed by atoms with van der Waals surface area (Å²) in [6.07, 6.45) is 6.86. The molecule has 36 heavy (non-hydrogen) atoms. The van der Waals surface area contributed by atoms with Crippen LogP contribution in [0.3, 0.4) is 0 Å². The van der Waals surface area contributed by atoms with Gasteiger partial charge < -0.3 is 19.8 Å². The molecule has 3 heterocycles. The number of ether oxygens (including phenoxy) is 2. The fourth-order valence-electron chi connectivity index (χ4n) is 3.78. The van der Waals surface area contributed by atoms with Crippen LogP contribution >= 0.6 is 0 Å². The van der Waals surface area contributed by atoms with E-state index in [4.69, 9.17) is 9.47 Å². The average molecular weight is 490 g/mol. The molecule has 0 bridgehead atoms. The van der Waals surface area contributed by atoms with E-state index in [9.17, 15) is 9.59 Å². The fourth-order valence-corrected chi connectivity index (χ4v) is 3.78. The van der Waals surface area contributed by atoms with E-state index in [-0.39, 0.29) is 5.56 Å². The van der Waals surface area contributed by atoms with Crippen molar-refractivity contribution in [3.8, 4) is 22.6 Å². The molecule has 0 fully saturated rings. The number of hydrogen-bond acceptors (Lipinski definition) is 6. The second-order valence-corrected chi connectivity index (χ2v) is 10.2. The van der Waals surface area contributed by atoms with Crippen LogP contribution in [0.25, 0.3) is 27.8 Å². The SMILES string of the molecule is CC(C)(CCOc1ccc(-c2cn(-c3cccnc3)c3nc[nH]c(=O)c23)cc1)NC(=O)OC(C)(C)C. The van der Waals surface area contributed by atoms with Gasteiger partial charge >= 0.3 is 6.09 Å². The average Bonchev–Trinajstić information content (AvgIpc) is 3.19. The molecule has 1 amide bonds. The lowest BCUT2D eigenvalue weighted by atomic mass is 10.0. The molecular weight excluding hydrogens is 458 g/mol. The van der Waals surface area contributed by atoms with Gasteiger partial charge in [-0.3, -0.25) is 14.3 Å². The van der Waals surface area contributed by atoms with Gasteiger partial charge in [0, 0.05) is 29.9 Å². The second kappa shape index (κ2) is 9.85. The minimum atomic E-state index is -0.552. The van der Waals surface area contributed by atoms with E-state index in [0.29, 0.717) is 29.8 Å². The largest absolute Gasteiger partial charge is 0.494 e. The molecule has 3 aromatic heterocycles. The summed E-state index contributed by atoms with van der Waals surface area (Å²) in [6, 6.07) is 11.3. The zero-order valence-corrected chi connectivity index (χ0v) is 21.2. The lowest BCUT2D eigenvalue weighted by Crippen LogP contribution is -2.46. The number of carbonyl (C=O) groups is 1. The van der Waals surface area contributed by atoms with Gasteiger partial charge in [0.2, 0.25) is 0 Å². The maximum atomic E-state index is 12.7. The van der Waals surface area contributed by atoms with Crippen LogP contribution in [0, 0.1) is 0 Å². The van der Waals surface area contributed by atoms with Gasteiger partial charge in [-0.2, -0.15) is 0 Å². The summed E-state index contributed by atoms with van der Waals surface area (Å²) in [5.74, 6) is 0.690. The summed E-state index contributed by atoms with van der Waals surface area (Å²) < 4.78 is 13.1. The Hall–Kier alpha value is -4.14. The molecular formula is C27H31N5O4. The Balaban J connectivity index is 1.47. The topological polar surface area (TPSA) is 111 Å². The smallest absolute Gasteiger partial charge is 0.408 e. The van der Waals surface area contributed by atoms with Crippen LogP contribution in [0.4, 0.5) is 4.79 Å². The van der Waals surface area contributed by atoms with Crippen molar-refractivity contribution in [2.45, 2.75) is 52.2 Å². The number of alkyl carbamates (subject to hydrolysis) is 1. The van der Waals surface area contributed by atoms with Crippen LogP contribution in [-0.4, -0.2) is 43.4 Å². The molecule has 0 aliphatic carbocycles. The number of nitrogens with one attached hydrogen (secondary N) is 2. The Kier molecular flexibility index (Phi) is 6.83. The third-order valence-corrected chi connectivity index (χ3v) is 5.51. The summed E-state index contributed by atoms with van der Waals surface area (Å²) in [5.41, 5.74) is 1.74. The van der Waals surface area contributed by atoms with E-state index in [0.717, 1.165) is 16.8 Å². The van der Waals surface area contributed by atoms with Crippen LogP contribution in [-0.2, 0) is 4.74 Å². The highest BCUT2D eigenvalue weighted by atomic mass is 16.6. The van der Waals surface area contributed by atoms with Crippen molar-refractivity contribution in [1.82, 2.24) is 24.8 Å². The number of nitrogens with zero attached hydrogens (tertiary/aromatic N) is 3. The van der Waals surface area contributed by atoms with Crippen LogP contribution in [0.5, 0.6) is 5.75 Å². The van der Waals surface area contributed by atoms with Crippen LogP contribution in [0.1, 0.15) is 41.0 Å². The Bertz CT molecular complexity index is 1400. The standard InChI is InChI=1S/C27H31N5O4/c1-26(2,3)36-25(34)31-27(4,5)12-14-35-20-10-8-18(9-11-20)21-16-32(19-7-6-13-28-15-19)23-22(21)24(33)30-17-29-23/h6-11,13,15-17H,12,14H2,1-5H3,(H,31,34)(H,29,30,33). The summed E-state index contributed by atoms with van der Waals surface area (Å²) in [6.45, 7) is 9.74. The summed E-state index contributed by atoms with van der Waals surface area (Å²) in [4.78, 5) is 36.0. The lowest BCUT2D eigenvalue weighted by molar-refractivity contribution is 0.0461. The molecule has 9 nitrogen and oxygen atoms in total. The minimum absolute atomic E-state index is 0.210. The Morgan fingerprint density at radius 1 is 1.11 bits per heavy atom. The molecule has 0 spiro atoms. The van der Waals surface area contributed by atoms with E-state index >= 15 is 0 Å². The second-order valence-electron chi connectivity index (χ2n) is 10.2. The molecule has 0 radical (unpaired) electrons. The van der Waals surface area contributed by atoms with Crippen molar-refractivity contribution in [3.63, 3.8) is 0 Å². The third kappa shape index (κ3) is 5.91. The zero-order valence-electron chi connectivity index (χ0n) is 21.2. The zero-order chi connectivity index (χ0) is 25.9. The van der Waals surface area contributed by atoms with Gasteiger partial charge in [-0.25, -0.2) is 9.78 Å². The van der Waals surface area contributed by atoms with E-state index < -0.39 is 17.2 Å². The van der Waals surface area contributed by atoms with Crippen molar-refractivity contribution in [2.24, 2.45) is 0 Å². The minimum Gasteiger partial charge on any atom is -0.494 e. The predicted octanol–water partition coefficient (Wildman–Crippen LogP) is 4.85. The maximum Gasteiger partial charge on any atom is 0.408 e. The Labute approximate surface area is 209 Å². The first-order valence-electron chi connectivity index (χ1n) is 11.8. The highest BCUT2D eigenvalue weighted by Crippen LogP contribution is 2.30. The Morgan fingerprint density at radius 3 is 2.53 bits per heavy atom. The predicted molar refractivity (Wildman–Crippen MR) is 138 cm³/mol. The molecule has 0 aliphatic heterocycles. The van der Waals surface area contributed by atoms with Crippen molar-refractivity contribution >= 4 is 17.1 Å². The summed E-state index contributed by atoms with van der Waals surface area (Å²) in [5, 5.41) is 3.39.